The summed E-state index contributed by atoms with van der Waals surface area (Å²) in [7, 11) is 0. The van der Waals surface area contributed by atoms with E-state index in [1.807, 2.05) is 13.8 Å². The molecule has 0 radical (unpaired) electrons. The van der Waals surface area contributed by atoms with Crippen molar-refractivity contribution < 1.29 is 18.8 Å². The molecule has 0 aromatic carbocycles. The first kappa shape index (κ1) is 20.4. The Labute approximate surface area is 167 Å². The monoisotopic (exact) mass is 407 g/mol. The number of hydrogen-bond acceptors (Lipinski definition) is 8. The molecule has 3 rings (SSSR count). The Hall–Kier alpha value is -2.29. The first-order chi connectivity index (χ1) is 13.3. The van der Waals surface area contributed by atoms with Gasteiger partial charge in [-0.3, -0.25) is 9.59 Å². The molecule has 9 heteroatoms. The number of thioether (sulfide) groups is 1. The topological polar surface area (TPSA) is 118 Å². The van der Waals surface area contributed by atoms with Gasteiger partial charge in [-0.25, -0.2) is 0 Å². The van der Waals surface area contributed by atoms with Crippen LogP contribution in [-0.4, -0.2) is 32.7 Å². The standard InChI is InChI=1S/C19H25N3O5S/c1-11(2)18-21-15(27-22-18)10-20-14(24)9-19(4-6-28-7-5-19)17-16(25)13(23)8-12(3)26-17/h8,11,25H,4-7,9-10H2,1-3H3,(H,20,24). The molecule has 0 atom stereocenters. The van der Waals surface area contributed by atoms with Crippen LogP contribution in [0.15, 0.2) is 19.8 Å². The minimum atomic E-state index is -0.706. The van der Waals surface area contributed by atoms with Gasteiger partial charge >= 0.3 is 0 Å². The van der Waals surface area contributed by atoms with Crippen LogP contribution in [0.3, 0.4) is 0 Å². The maximum Gasteiger partial charge on any atom is 0.246 e. The third kappa shape index (κ3) is 4.40. The van der Waals surface area contributed by atoms with E-state index in [0.717, 1.165) is 11.5 Å². The van der Waals surface area contributed by atoms with E-state index in [4.69, 9.17) is 8.94 Å². The van der Waals surface area contributed by atoms with Crippen molar-refractivity contribution in [1.82, 2.24) is 15.5 Å². The van der Waals surface area contributed by atoms with Gasteiger partial charge in [0.1, 0.15) is 5.76 Å². The Morgan fingerprint density at radius 1 is 1.39 bits per heavy atom. The molecule has 2 N–H and O–H groups in total. The number of amides is 1. The number of carbonyl (C=O) groups excluding carboxylic acids is 1. The van der Waals surface area contributed by atoms with Crippen LogP contribution in [0.25, 0.3) is 0 Å². The second kappa shape index (κ2) is 8.38. The number of nitrogens with one attached hydrogen (secondary N) is 1. The van der Waals surface area contributed by atoms with Crippen LogP contribution in [0.1, 0.15) is 62.3 Å². The van der Waals surface area contributed by atoms with E-state index in [1.165, 1.54) is 6.07 Å². The lowest BCUT2D eigenvalue weighted by Crippen LogP contribution is -2.38. The number of carbonyl (C=O) groups is 1. The van der Waals surface area contributed by atoms with E-state index in [9.17, 15) is 14.7 Å². The fourth-order valence-electron chi connectivity index (χ4n) is 3.33. The van der Waals surface area contributed by atoms with E-state index in [2.05, 4.69) is 15.5 Å². The van der Waals surface area contributed by atoms with Crippen LogP contribution in [0.5, 0.6) is 5.75 Å². The molecule has 2 aromatic heterocycles. The Morgan fingerprint density at radius 3 is 2.75 bits per heavy atom. The first-order valence-corrected chi connectivity index (χ1v) is 10.5. The lowest BCUT2D eigenvalue weighted by Gasteiger charge is -2.35. The van der Waals surface area contributed by atoms with E-state index in [1.54, 1.807) is 18.7 Å². The molecule has 3 heterocycles. The summed E-state index contributed by atoms with van der Waals surface area (Å²) in [6, 6.07) is 1.26. The van der Waals surface area contributed by atoms with Gasteiger partial charge in [0.15, 0.2) is 11.6 Å². The smallest absolute Gasteiger partial charge is 0.246 e. The summed E-state index contributed by atoms with van der Waals surface area (Å²) in [5.41, 5.74) is -1.19. The summed E-state index contributed by atoms with van der Waals surface area (Å²) in [6.45, 7) is 5.71. The molecule has 0 aliphatic carbocycles. The number of aryl methyl sites for hydroxylation is 1. The molecule has 1 aliphatic heterocycles. The molecular weight excluding hydrogens is 382 g/mol. The normalized spacial score (nSPS) is 16.3. The van der Waals surface area contributed by atoms with Gasteiger partial charge in [-0.1, -0.05) is 19.0 Å². The van der Waals surface area contributed by atoms with Crippen molar-refractivity contribution in [2.24, 2.45) is 0 Å². The molecule has 1 saturated heterocycles. The average Bonchev–Trinajstić information content (AvgIpc) is 3.13. The zero-order valence-electron chi connectivity index (χ0n) is 16.3. The van der Waals surface area contributed by atoms with Gasteiger partial charge in [-0.15, -0.1) is 0 Å². The second-order valence-corrected chi connectivity index (χ2v) is 8.67. The van der Waals surface area contributed by atoms with Crippen molar-refractivity contribution in [3.05, 3.63) is 39.5 Å². The predicted molar refractivity (Wildman–Crippen MR) is 104 cm³/mol. The summed E-state index contributed by atoms with van der Waals surface area (Å²) in [6.07, 6.45) is 1.39. The molecule has 0 bridgehead atoms. The number of aromatic nitrogens is 2. The maximum absolute atomic E-state index is 12.7. The van der Waals surface area contributed by atoms with Crippen LogP contribution in [0, 0.1) is 6.92 Å². The molecule has 1 fully saturated rings. The highest BCUT2D eigenvalue weighted by Crippen LogP contribution is 2.43. The molecule has 8 nitrogen and oxygen atoms in total. The van der Waals surface area contributed by atoms with Crippen molar-refractivity contribution in [3.8, 4) is 5.75 Å². The van der Waals surface area contributed by atoms with E-state index in [0.29, 0.717) is 30.3 Å². The summed E-state index contributed by atoms with van der Waals surface area (Å²) in [5.74, 6) is 2.74. The summed E-state index contributed by atoms with van der Waals surface area (Å²) < 4.78 is 10.9. The number of rotatable bonds is 6. The average molecular weight is 407 g/mol. The minimum absolute atomic E-state index is 0.110. The summed E-state index contributed by atoms with van der Waals surface area (Å²) in [5, 5.41) is 17.0. The van der Waals surface area contributed by atoms with Crippen LogP contribution in [-0.2, 0) is 16.8 Å². The highest BCUT2D eigenvalue weighted by atomic mass is 32.2. The molecule has 0 saturated carbocycles. The fourth-order valence-corrected chi connectivity index (χ4v) is 4.60. The van der Waals surface area contributed by atoms with Gasteiger partial charge < -0.3 is 19.4 Å². The zero-order chi connectivity index (χ0) is 20.3. The molecule has 2 aromatic rings. The second-order valence-electron chi connectivity index (χ2n) is 7.45. The molecule has 152 valence electrons. The Bertz CT molecular complexity index is 899. The highest BCUT2D eigenvalue weighted by Gasteiger charge is 2.41. The number of aromatic hydroxyl groups is 1. The predicted octanol–water partition coefficient (Wildman–Crippen LogP) is 2.63. The first-order valence-electron chi connectivity index (χ1n) is 9.32. The van der Waals surface area contributed by atoms with E-state index >= 15 is 0 Å². The van der Waals surface area contributed by atoms with Crippen LogP contribution < -0.4 is 10.7 Å². The van der Waals surface area contributed by atoms with Crippen molar-refractivity contribution in [3.63, 3.8) is 0 Å². The van der Waals surface area contributed by atoms with Crippen LogP contribution >= 0.6 is 11.8 Å². The fraction of sp³-hybridized carbons (Fsp3) is 0.579. The lowest BCUT2D eigenvalue weighted by molar-refractivity contribution is -0.123. The minimum Gasteiger partial charge on any atom is -0.502 e. The molecule has 0 unspecified atom stereocenters. The van der Waals surface area contributed by atoms with Gasteiger partial charge in [-0.2, -0.15) is 16.7 Å². The highest BCUT2D eigenvalue weighted by molar-refractivity contribution is 7.99. The summed E-state index contributed by atoms with van der Waals surface area (Å²) >= 11 is 1.78. The van der Waals surface area contributed by atoms with Crippen molar-refractivity contribution >= 4 is 17.7 Å². The van der Waals surface area contributed by atoms with Gasteiger partial charge in [-0.05, 0) is 31.3 Å². The van der Waals surface area contributed by atoms with E-state index < -0.39 is 16.6 Å². The van der Waals surface area contributed by atoms with Gasteiger partial charge in [0.2, 0.25) is 23.0 Å². The van der Waals surface area contributed by atoms with Gasteiger partial charge in [0.05, 0.1) is 6.54 Å². The van der Waals surface area contributed by atoms with Crippen LogP contribution in [0.2, 0.25) is 0 Å². The Kier molecular flexibility index (Phi) is 6.12. The molecule has 1 aliphatic rings. The molecular formula is C19H25N3O5S. The largest absolute Gasteiger partial charge is 0.502 e. The third-order valence-corrected chi connectivity index (χ3v) is 5.90. The third-order valence-electron chi connectivity index (χ3n) is 4.91. The van der Waals surface area contributed by atoms with Gasteiger partial charge in [0, 0.05) is 23.8 Å². The number of hydrogen-bond donors (Lipinski definition) is 2. The van der Waals surface area contributed by atoms with Crippen molar-refractivity contribution in [2.75, 3.05) is 11.5 Å². The zero-order valence-corrected chi connectivity index (χ0v) is 17.1. The lowest BCUT2D eigenvalue weighted by atomic mass is 9.75. The molecule has 28 heavy (non-hydrogen) atoms. The van der Waals surface area contributed by atoms with E-state index in [-0.39, 0.29) is 30.6 Å². The summed E-state index contributed by atoms with van der Waals surface area (Å²) in [4.78, 5) is 29.0. The van der Waals surface area contributed by atoms with Crippen molar-refractivity contribution in [1.29, 1.82) is 0 Å². The number of nitrogens with zero attached hydrogens (tertiary/aromatic N) is 2. The molecule has 1 amide bonds. The Balaban J connectivity index is 1.77. The SMILES string of the molecule is Cc1cc(=O)c(O)c(C2(CC(=O)NCc3nc(C(C)C)no3)CCSCC2)o1. The van der Waals surface area contributed by atoms with Gasteiger partial charge in [0.25, 0.3) is 0 Å². The Morgan fingerprint density at radius 2 is 2.11 bits per heavy atom. The van der Waals surface area contributed by atoms with Crippen molar-refractivity contribution in [2.45, 2.75) is 57.9 Å². The maximum atomic E-state index is 12.7. The quantitative estimate of drug-likeness (QED) is 0.750. The van der Waals surface area contributed by atoms with Crippen LogP contribution in [0.4, 0.5) is 0 Å². The molecule has 0 spiro atoms.